The first-order chi connectivity index (χ1) is 14.0. The second-order valence-corrected chi connectivity index (χ2v) is 7.91. The molecule has 1 aromatic carbocycles. The highest BCUT2D eigenvalue weighted by molar-refractivity contribution is 6.05. The molecule has 3 amide bonds. The molecule has 1 atom stereocenters. The number of nitrogens with one attached hydrogen (secondary N) is 1. The van der Waals surface area contributed by atoms with E-state index in [0.29, 0.717) is 24.4 Å². The summed E-state index contributed by atoms with van der Waals surface area (Å²) in [6.07, 6.45) is 2.43. The SMILES string of the molecule is COC(OC)C1CCN(c2ccc3c(c2)CN(C2CCC(=O)NC2=O)C3=O)CC1. The lowest BCUT2D eigenvalue weighted by Gasteiger charge is -2.36. The Labute approximate surface area is 170 Å². The molecule has 0 bridgehead atoms. The van der Waals surface area contributed by atoms with Crippen molar-refractivity contribution in [3.63, 3.8) is 0 Å². The van der Waals surface area contributed by atoms with Gasteiger partial charge in [-0.2, -0.15) is 0 Å². The molecule has 0 radical (unpaired) electrons. The van der Waals surface area contributed by atoms with E-state index in [1.54, 1.807) is 19.1 Å². The van der Waals surface area contributed by atoms with E-state index in [1.165, 1.54) is 0 Å². The summed E-state index contributed by atoms with van der Waals surface area (Å²) in [4.78, 5) is 40.3. The van der Waals surface area contributed by atoms with Gasteiger partial charge in [0, 0.05) is 57.4 Å². The summed E-state index contributed by atoms with van der Waals surface area (Å²) in [5, 5.41) is 2.34. The number of amides is 3. The highest BCUT2D eigenvalue weighted by atomic mass is 16.7. The third-order valence-electron chi connectivity index (χ3n) is 6.26. The third-order valence-corrected chi connectivity index (χ3v) is 6.26. The molecular formula is C21H27N3O5. The molecule has 8 heteroatoms. The van der Waals surface area contributed by atoms with Gasteiger partial charge < -0.3 is 19.3 Å². The minimum atomic E-state index is -0.577. The molecule has 3 aliphatic heterocycles. The topological polar surface area (TPSA) is 88.2 Å². The van der Waals surface area contributed by atoms with Gasteiger partial charge in [0.25, 0.3) is 5.91 Å². The number of methoxy groups -OCH3 is 2. The Morgan fingerprint density at radius 1 is 1.07 bits per heavy atom. The van der Waals surface area contributed by atoms with Crippen LogP contribution < -0.4 is 10.2 Å². The maximum absolute atomic E-state index is 12.8. The van der Waals surface area contributed by atoms with Crippen molar-refractivity contribution in [3.05, 3.63) is 29.3 Å². The van der Waals surface area contributed by atoms with E-state index in [2.05, 4.69) is 16.3 Å². The fourth-order valence-corrected chi connectivity index (χ4v) is 4.67. The number of hydrogen-bond acceptors (Lipinski definition) is 6. The Kier molecular flexibility index (Phi) is 5.56. The molecule has 8 nitrogen and oxygen atoms in total. The maximum Gasteiger partial charge on any atom is 0.255 e. The van der Waals surface area contributed by atoms with Crippen molar-refractivity contribution in [2.45, 2.75) is 44.6 Å². The van der Waals surface area contributed by atoms with Crippen LogP contribution in [0.2, 0.25) is 0 Å². The quantitative estimate of drug-likeness (QED) is 0.591. The van der Waals surface area contributed by atoms with Crippen molar-refractivity contribution in [1.29, 1.82) is 0 Å². The number of carbonyl (C=O) groups excluding carboxylic acids is 3. The largest absolute Gasteiger partial charge is 0.372 e. The molecule has 3 aliphatic rings. The molecule has 156 valence electrons. The minimum Gasteiger partial charge on any atom is -0.372 e. The predicted molar refractivity (Wildman–Crippen MR) is 105 cm³/mol. The number of piperidine rings is 2. The van der Waals surface area contributed by atoms with Crippen molar-refractivity contribution >= 4 is 23.4 Å². The summed E-state index contributed by atoms with van der Waals surface area (Å²) >= 11 is 0. The molecule has 29 heavy (non-hydrogen) atoms. The van der Waals surface area contributed by atoms with E-state index in [4.69, 9.17) is 9.47 Å². The van der Waals surface area contributed by atoms with Gasteiger partial charge in [-0.3, -0.25) is 19.7 Å². The molecule has 0 aromatic heterocycles. The number of imide groups is 1. The first kappa shape index (κ1) is 19.8. The van der Waals surface area contributed by atoms with Crippen LogP contribution >= 0.6 is 0 Å². The second kappa shape index (κ2) is 8.12. The summed E-state index contributed by atoms with van der Waals surface area (Å²) in [6, 6.07) is 5.32. The molecule has 4 rings (SSSR count). The zero-order valence-corrected chi connectivity index (χ0v) is 16.8. The van der Waals surface area contributed by atoms with Crippen LogP contribution in [0.25, 0.3) is 0 Å². The highest BCUT2D eigenvalue weighted by Gasteiger charge is 2.39. The average molecular weight is 401 g/mol. The number of hydrogen-bond donors (Lipinski definition) is 1. The van der Waals surface area contributed by atoms with Crippen molar-refractivity contribution in [2.24, 2.45) is 5.92 Å². The summed E-state index contributed by atoms with van der Waals surface area (Å²) in [5.41, 5.74) is 2.67. The summed E-state index contributed by atoms with van der Waals surface area (Å²) in [5.74, 6) is -0.413. The fraction of sp³-hybridized carbons (Fsp3) is 0.571. The van der Waals surface area contributed by atoms with Gasteiger partial charge in [-0.05, 0) is 43.0 Å². The molecular weight excluding hydrogens is 374 g/mol. The molecule has 0 saturated carbocycles. The number of ether oxygens (including phenoxy) is 2. The van der Waals surface area contributed by atoms with Crippen molar-refractivity contribution in [3.8, 4) is 0 Å². The Bertz CT molecular complexity index is 815. The second-order valence-electron chi connectivity index (χ2n) is 7.91. The summed E-state index contributed by atoms with van der Waals surface area (Å²) in [7, 11) is 3.35. The van der Waals surface area contributed by atoms with Crippen LogP contribution in [0.5, 0.6) is 0 Å². The number of benzene rings is 1. The van der Waals surface area contributed by atoms with Crippen LogP contribution in [-0.2, 0) is 25.6 Å². The molecule has 2 fully saturated rings. The van der Waals surface area contributed by atoms with Crippen molar-refractivity contribution < 1.29 is 23.9 Å². The van der Waals surface area contributed by atoms with Crippen LogP contribution in [0.15, 0.2) is 18.2 Å². The van der Waals surface area contributed by atoms with Crippen LogP contribution in [0.1, 0.15) is 41.6 Å². The molecule has 1 N–H and O–H groups in total. The van der Waals surface area contributed by atoms with Crippen LogP contribution in [0.3, 0.4) is 0 Å². The van der Waals surface area contributed by atoms with Gasteiger partial charge in [0.05, 0.1) is 0 Å². The molecule has 1 aromatic rings. The van der Waals surface area contributed by atoms with Crippen LogP contribution in [0.4, 0.5) is 5.69 Å². The molecule has 1 unspecified atom stereocenters. The van der Waals surface area contributed by atoms with Gasteiger partial charge in [-0.15, -0.1) is 0 Å². The first-order valence-corrected chi connectivity index (χ1v) is 10.1. The normalized spacial score (nSPS) is 23.0. The number of rotatable bonds is 5. The average Bonchev–Trinajstić information content (AvgIpc) is 3.05. The lowest BCUT2D eigenvalue weighted by atomic mass is 9.95. The maximum atomic E-state index is 12.8. The lowest BCUT2D eigenvalue weighted by molar-refractivity contribution is -0.141. The van der Waals surface area contributed by atoms with Crippen LogP contribution in [0, 0.1) is 5.92 Å². The molecule has 2 saturated heterocycles. The monoisotopic (exact) mass is 401 g/mol. The Morgan fingerprint density at radius 3 is 2.45 bits per heavy atom. The van der Waals surface area contributed by atoms with Gasteiger partial charge in [0.15, 0.2) is 6.29 Å². The summed E-state index contributed by atoms with van der Waals surface area (Å²) in [6.45, 7) is 2.20. The zero-order valence-electron chi connectivity index (χ0n) is 16.8. The van der Waals surface area contributed by atoms with E-state index in [1.807, 2.05) is 12.1 Å². The van der Waals surface area contributed by atoms with Gasteiger partial charge >= 0.3 is 0 Å². The number of carbonyl (C=O) groups is 3. The highest BCUT2D eigenvalue weighted by Crippen LogP contribution is 2.32. The van der Waals surface area contributed by atoms with Crippen LogP contribution in [-0.4, -0.2) is 62.3 Å². The minimum absolute atomic E-state index is 0.136. The Morgan fingerprint density at radius 2 is 1.79 bits per heavy atom. The zero-order chi connectivity index (χ0) is 20.5. The Balaban J connectivity index is 1.44. The Hall–Kier alpha value is -2.45. The first-order valence-electron chi connectivity index (χ1n) is 10.1. The molecule has 0 aliphatic carbocycles. The van der Waals surface area contributed by atoms with Gasteiger partial charge in [0.2, 0.25) is 11.8 Å². The molecule has 0 spiro atoms. The van der Waals surface area contributed by atoms with E-state index in [-0.39, 0.29) is 30.4 Å². The number of fused-ring (bicyclic) bond motifs is 1. The number of nitrogens with zero attached hydrogens (tertiary/aromatic N) is 2. The van der Waals surface area contributed by atoms with E-state index < -0.39 is 6.04 Å². The molecule has 3 heterocycles. The van der Waals surface area contributed by atoms with Gasteiger partial charge in [-0.1, -0.05) is 0 Å². The van der Waals surface area contributed by atoms with E-state index in [0.717, 1.165) is 37.2 Å². The third kappa shape index (κ3) is 3.74. The standard InChI is InChI=1S/C21H27N3O5/c1-28-21(29-2)13-7-9-23(10-8-13)15-3-4-16-14(11-15)12-24(20(16)27)17-5-6-18(25)22-19(17)26/h3-4,11,13,17,21H,5-10,12H2,1-2H3,(H,22,25,26). The fourth-order valence-electron chi connectivity index (χ4n) is 4.67. The smallest absolute Gasteiger partial charge is 0.255 e. The van der Waals surface area contributed by atoms with Crippen molar-refractivity contribution in [2.75, 3.05) is 32.2 Å². The van der Waals surface area contributed by atoms with E-state index >= 15 is 0 Å². The van der Waals surface area contributed by atoms with Gasteiger partial charge in [0.1, 0.15) is 6.04 Å². The van der Waals surface area contributed by atoms with Crippen molar-refractivity contribution in [1.82, 2.24) is 10.2 Å². The number of anilines is 1. The van der Waals surface area contributed by atoms with E-state index in [9.17, 15) is 14.4 Å². The predicted octanol–water partition coefficient (Wildman–Crippen LogP) is 1.28. The summed E-state index contributed by atoms with van der Waals surface area (Å²) < 4.78 is 10.8. The van der Waals surface area contributed by atoms with Gasteiger partial charge in [-0.25, -0.2) is 0 Å². The lowest BCUT2D eigenvalue weighted by Crippen LogP contribution is -2.52.